The van der Waals surface area contributed by atoms with E-state index in [-0.39, 0.29) is 10.6 Å². The summed E-state index contributed by atoms with van der Waals surface area (Å²) in [4.78, 5) is 19.6. The molecule has 2 aromatic heterocycles. The molecule has 9 heteroatoms. The number of carbonyl (C=O) groups is 1. The van der Waals surface area contributed by atoms with Crippen LogP contribution in [-0.4, -0.2) is 27.8 Å². The molecule has 2 rings (SSSR count). The Morgan fingerprint density at radius 2 is 2.09 bits per heavy atom. The lowest BCUT2D eigenvalue weighted by molar-refractivity contribution is -0.105. The molecule has 0 saturated heterocycles. The van der Waals surface area contributed by atoms with Gasteiger partial charge in [0.25, 0.3) is 5.91 Å². The van der Waals surface area contributed by atoms with Crippen LogP contribution >= 0.6 is 23.4 Å². The molecule has 2 heterocycles. The third-order valence-electron chi connectivity index (χ3n) is 2.34. The Labute approximate surface area is 133 Å². The first-order valence-corrected chi connectivity index (χ1v) is 7.27. The lowest BCUT2D eigenvalue weighted by Gasteiger charge is -2.07. The SMILES string of the molecule is O=C(Nc1cncc(Cl)c1)c1ccnc(SCC(F)(F)F)c1. The van der Waals surface area contributed by atoms with E-state index in [2.05, 4.69) is 15.3 Å². The predicted molar refractivity (Wildman–Crippen MR) is 78.2 cm³/mol. The van der Waals surface area contributed by atoms with Crippen LogP contribution in [0.1, 0.15) is 10.4 Å². The van der Waals surface area contributed by atoms with Crippen molar-refractivity contribution in [2.45, 2.75) is 11.2 Å². The lowest BCUT2D eigenvalue weighted by Crippen LogP contribution is -2.13. The van der Waals surface area contributed by atoms with Crippen molar-refractivity contribution in [3.8, 4) is 0 Å². The Balaban J connectivity index is 2.07. The molecule has 0 radical (unpaired) electrons. The molecule has 22 heavy (non-hydrogen) atoms. The zero-order chi connectivity index (χ0) is 16.2. The molecule has 4 nitrogen and oxygen atoms in total. The Bertz CT molecular complexity index is 682. The van der Waals surface area contributed by atoms with Gasteiger partial charge in [-0.15, -0.1) is 0 Å². The maximum Gasteiger partial charge on any atom is 0.398 e. The predicted octanol–water partition coefficient (Wildman–Crippen LogP) is 4.04. The highest BCUT2D eigenvalue weighted by Crippen LogP contribution is 2.26. The van der Waals surface area contributed by atoms with Crippen molar-refractivity contribution in [2.24, 2.45) is 0 Å². The zero-order valence-electron chi connectivity index (χ0n) is 10.9. The highest BCUT2D eigenvalue weighted by Gasteiger charge is 2.27. The summed E-state index contributed by atoms with van der Waals surface area (Å²) >= 11 is 6.27. The second-order valence-corrected chi connectivity index (χ2v) is 5.56. The number of nitrogens with one attached hydrogen (secondary N) is 1. The number of anilines is 1. The Kier molecular flexibility index (Phi) is 5.25. The van der Waals surface area contributed by atoms with Crippen LogP contribution in [-0.2, 0) is 0 Å². The van der Waals surface area contributed by atoms with E-state index in [4.69, 9.17) is 11.6 Å². The van der Waals surface area contributed by atoms with Crippen LogP contribution in [0.15, 0.2) is 41.8 Å². The first-order chi connectivity index (χ1) is 10.3. The molecule has 1 amide bonds. The number of thioether (sulfide) groups is 1. The van der Waals surface area contributed by atoms with Gasteiger partial charge in [-0.3, -0.25) is 9.78 Å². The van der Waals surface area contributed by atoms with Gasteiger partial charge < -0.3 is 5.32 Å². The highest BCUT2D eigenvalue weighted by atomic mass is 35.5. The first-order valence-electron chi connectivity index (χ1n) is 5.91. The number of hydrogen-bond donors (Lipinski definition) is 1. The first kappa shape index (κ1) is 16.6. The molecular weight excluding hydrogens is 339 g/mol. The molecule has 0 aliphatic carbocycles. The number of hydrogen-bond acceptors (Lipinski definition) is 4. The number of rotatable bonds is 4. The largest absolute Gasteiger partial charge is 0.398 e. The maximum absolute atomic E-state index is 12.2. The van der Waals surface area contributed by atoms with Gasteiger partial charge in [-0.25, -0.2) is 4.98 Å². The fourth-order valence-corrected chi connectivity index (χ4v) is 2.30. The van der Waals surface area contributed by atoms with Gasteiger partial charge in [-0.05, 0) is 18.2 Å². The van der Waals surface area contributed by atoms with E-state index in [1.807, 2.05) is 0 Å². The number of carbonyl (C=O) groups excluding carboxylic acids is 1. The molecule has 0 fully saturated rings. The van der Waals surface area contributed by atoms with Crippen molar-refractivity contribution in [1.29, 1.82) is 0 Å². The van der Waals surface area contributed by atoms with Gasteiger partial charge in [-0.2, -0.15) is 13.2 Å². The molecule has 0 aliphatic heterocycles. The van der Waals surface area contributed by atoms with Crippen molar-refractivity contribution in [3.05, 3.63) is 47.4 Å². The summed E-state index contributed by atoms with van der Waals surface area (Å²) in [5.74, 6) is -1.55. The third kappa shape index (κ3) is 5.19. The molecule has 1 N–H and O–H groups in total. The van der Waals surface area contributed by atoms with Crippen molar-refractivity contribution >= 4 is 35.0 Å². The number of pyridine rings is 2. The molecule has 0 atom stereocenters. The van der Waals surface area contributed by atoms with E-state index in [9.17, 15) is 18.0 Å². The topological polar surface area (TPSA) is 54.9 Å². The van der Waals surface area contributed by atoms with Gasteiger partial charge in [0.2, 0.25) is 0 Å². The minimum atomic E-state index is -4.29. The van der Waals surface area contributed by atoms with Gasteiger partial charge in [0.1, 0.15) is 0 Å². The molecule has 0 aliphatic rings. The van der Waals surface area contributed by atoms with E-state index < -0.39 is 17.8 Å². The van der Waals surface area contributed by atoms with Crippen molar-refractivity contribution in [1.82, 2.24) is 9.97 Å². The summed E-state index contributed by atoms with van der Waals surface area (Å²) < 4.78 is 36.5. The summed E-state index contributed by atoms with van der Waals surface area (Å²) in [6.45, 7) is 0. The van der Waals surface area contributed by atoms with E-state index in [0.717, 1.165) is 0 Å². The Hall–Kier alpha value is -1.80. The summed E-state index contributed by atoms with van der Waals surface area (Å²) in [7, 11) is 0. The van der Waals surface area contributed by atoms with Crippen LogP contribution in [0.3, 0.4) is 0 Å². The second-order valence-electron chi connectivity index (χ2n) is 4.13. The van der Waals surface area contributed by atoms with Crippen LogP contribution in [0, 0.1) is 0 Å². The molecule has 0 bridgehead atoms. The van der Waals surface area contributed by atoms with Gasteiger partial charge >= 0.3 is 6.18 Å². The van der Waals surface area contributed by atoms with Gasteiger partial charge in [-0.1, -0.05) is 23.4 Å². The smallest absolute Gasteiger partial charge is 0.321 e. The van der Waals surface area contributed by atoms with Gasteiger partial charge in [0, 0.05) is 18.0 Å². The Morgan fingerprint density at radius 3 is 2.77 bits per heavy atom. The number of amides is 1. The van der Waals surface area contributed by atoms with Gasteiger partial charge in [0.05, 0.1) is 27.7 Å². The normalized spacial score (nSPS) is 11.3. The standard InChI is InChI=1S/C13H9ClF3N3OS/c14-9-4-10(6-18-5-9)20-12(21)8-1-2-19-11(3-8)22-7-13(15,16)17/h1-6H,7H2,(H,20,21). The number of halogens is 4. The molecule has 0 spiro atoms. The molecule has 2 aromatic rings. The molecule has 0 aromatic carbocycles. The monoisotopic (exact) mass is 347 g/mol. The van der Waals surface area contributed by atoms with Crippen LogP contribution < -0.4 is 5.32 Å². The van der Waals surface area contributed by atoms with E-state index in [0.29, 0.717) is 22.5 Å². The molecule has 0 unspecified atom stereocenters. The van der Waals surface area contributed by atoms with E-state index >= 15 is 0 Å². The van der Waals surface area contributed by atoms with Gasteiger partial charge in [0.15, 0.2) is 0 Å². The second kappa shape index (κ2) is 6.97. The average Bonchev–Trinajstić information content (AvgIpc) is 2.45. The van der Waals surface area contributed by atoms with E-state index in [1.165, 1.54) is 36.8 Å². The third-order valence-corrected chi connectivity index (χ3v) is 3.54. The van der Waals surface area contributed by atoms with Crippen molar-refractivity contribution < 1.29 is 18.0 Å². The molecular formula is C13H9ClF3N3OS. The minimum absolute atomic E-state index is 0.120. The van der Waals surface area contributed by atoms with Crippen LogP contribution in [0.25, 0.3) is 0 Å². The minimum Gasteiger partial charge on any atom is -0.321 e. The highest BCUT2D eigenvalue weighted by molar-refractivity contribution is 7.99. The zero-order valence-corrected chi connectivity index (χ0v) is 12.5. The number of aromatic nitrogens is 2. The Morgan fingerprint density at radius 1 is 1.32 bits per heavy atom. The van der Waals surface area contributed by atoms with Crippen LogP contribution in [0.2, 0.25) is 5.02 Å². The summed E-state index contributed by atoms with van der Waals surface area (Å²) in [5, 5.41) is 3.03. The average molecular weight is 348 g/mol. The molecule has 0 saturated carbocycles. The number of nitrogens with zero attached hydrogens (tertiary/aromatic N) is 2. The van der Waals surface area contributed by atoms with Crippen LogP contribution in [0.4, 0.5) is 18.9 Å². The van der Waals surface area contributed by atoms with Crippen LogP contribution in [0.5, 0.6) is 0 Å². The number of alkyl halides is 3. The molecule has 116 valence electrons. The maximum atomic E-state index is 12.2. The summed E-state index contributed by atoms with van der Waals surface area (Å²) in [6.07, 6.45) is -0.194. The lowest BCUT2D eigenvalue weighted by atomic mass is 10.2. The fourth-order valence-electron chi connectivity index (χ4n) is 1.47. The van der Waals surface area contributed by atoms with E-state index in [1.54, 1.807) is 0 Å². The fraction of sp³-hybridized carbons (Fsp3) is 0.154. The van der Waals surface area contributed by atoms with Crippen molar-refractivity contribution in [3.63, 3.8) is 0 Å². The quantitative estimate of drug-likeness (QED) is 0.848. The summed E-state index contributed by atoms with van der Waals surface area (Å²) in [6, 6.07) is 4.21. The summed E-state index contributed by atoms with van der Waals surface area (Å²) in [5.41, 5.74) is 0.582. The van der Waals surface area contributed by atoms with Crippen molar-refractivity contribution in [2.75, 3.05) is 11.1 Å².